The summed E-state index contributed by atoms with van der Waals surface area (Å²) in [4.78, 5) is 5.26. The van der Waals surface area contributed by atoms with Crippen molar-refractivity contribution in [3.05, 3.63) is 0 Å². The molecule has 18 heavy (non-hydrogen) atoms. The highest BCUT2D eigenvalue weighted by Crippen LogP contribution is 2.30. The molecule has 3 aliphatic rings. The highest BCUT2D eigenvalue weighted by atomic mass is 16.5. The van der Waals surface area contributed by atoms with Crippen molar-refractivity contribution in [2.24, 2.45) is 17.6 Å². The lowest BCUT2D eigenvalue weighted by Gasteiger charge is -2.41. The van der Waals surface area contributed by atoms with Gasteiger partial charge in [-0.3, -0.25) is 4.90 Å². The summed E-state index contributed by atoms with van der Waals surface area (Å²) in [6.45, 7) is 8.86. The van der Waals surface area contributed by atoms with Gasteiger partial charge in [0.25, 0.3) is 0 Å². The summed E-state index contributed by atoms with van der Waals surface area (Å²) in [5, 5.41) is 0. The molecule has 2 aliphatic heterocycles. The SMILES string of the molecule is NCC(C1CCOC1)N1CCN(CC2CC2)CC1. The lowest BCUT2D eigenvalue weighted by Crippen LogP contribution is -2.55. The zero-order chi connectivity index (χ0) is 12.4. The largest absolute Gasteiger partial charge is 0.381 e. The van der Waals surface area contributed by atoms with E-state index in [1.54, 1.807) is 0 Å². The summed E-state index contributed by atoms with van der Waals surface area (Å²) in [7, 11) is 0. The molecule has 2 heterocycles. The van der Waals surface area contributed by atoms with Crippen molar-refractivity contribution in [3.63, 3.8) is 0 Å². The fraction of sp³-hybridized carbons (Fsp3) is 1.00. The van der Waals surface area contributed by atoms with Crippen LogP contribution < -0.4 is 5.73 Å². The number of rotatable bonds is 5. The van der Waals surface area contributed by atoms with Gasteiger partial charge in [0.1, 0.15) is 0 Å². The van der Waals surface area contributed by atoms with E-state index in [0.29, 0.717) is 12.0 Å². The van der Waals surface area contributed by atoms with Crippen LogP contribution in [0.3, 0.4) is 0 Å². The molecule has 2 N–H and O–H groups in total. The third kappa shape index (κ3) is 3.05. The van der Waals surface area contributed by atoms with Crippen LogP contribution in [-0.4, -0.2) is 68.3 Å². The Morgan fingerprint density at radius 3 is 2.44 bits per heavy atom. The fourth-order valence-electron chi connectivity index (χ4n) is 3.44. The van der Waals surface area contributed by atoms with Gasteiger partial charge in [-0.25, -0.2) is 0 Å². The molecule has 104 valence electrons. The van der Waals surface area contributed by atoms with Crippen molar-refractivity contribution in [1.29, 1.82) is 0 Å². The number of nitrogens with zero attached hydrogens (tertiary/aromatic N) is 2. The minimum absolute atomic E-state index is 0.551. The molecular weight excluding hydrogens is 226 g/mol. The first-order valence-corrected chi connectivity index (χ1v) is 7.61. The third-order valence-electron chi connectivity index (χ3n) is 4.84. The summed E-state index contributed by atoms with van der Waals surface area (Å²) >= 11 is 0. The lowest BCUT2D eigenvalue weighted by atomic mass is 9.97. The van der Waals surface area contributed by atoms with Gasteiger partial charge in [0.05, 0.1) is 6.61 Å². The average Bonchev–Trinajstić information content (AvgIpc) is 3.05. The molecule has 1 saturated carbocycles. The summed E-state index contributed by atoms with van der Waals surface area (Å²) in [6.07, 6.45) is 4.13. The highest BCUT2D eigenvalue weighted by Gasteiger charge is 2.32. The Kier molecular flexibility index (Phi) is 4.19. The van der Waals surface area contributed by atoms with Gasteiger partial charge in [0, 0.05) is 57.8 Å². The van der Waals surface area contributed by atoms with Crippen LogP contribution in [0.4, 0.5) is 0 Å². The van der Waals surface area contributed by atoms with Crippen LogP contribution in [0, 0.1) is 11.8 Å². The molecule has 0 spiro atoms. The van der Waals surface area contributed by atoms with Gasteiger partial charge in [0.2, 0.25) is 0 Å². The van der Waals surface area contributed by atoms with Gasteiger partial charge < -0.3 is 15.4 Å². The first-order chi connectivity index (χ1) is 8.86. The van der Waals surface area contributed by atoms with Crippen molar-refractivity contribution in [3.8, 4) is 0 Å². The van der Waals surface area contributed by atoms with Crippen molar-refractivity contribution < 1.29 is 4.74 Å². The zero-order valence-electron chi connectivity index (χ0n) is 11.4. The van der Waals surface area contributed by atoms with E-state index in [1.165, 1.54) is 52.0 Å². The Hall–Kier alpha value is -0.160. The molecule has 0 amide bonds. The Bertz CT molecular complexity index is 256. The third-order valence-corrected chi connectivity index (χ3v) is 4.84. The van der Waals surface area contributed by atoms with Crippen LogP contribution in [0.15, 0.2) is 0 Å². The van der Waals surface area contributed by atoms with Crippen LogP contribution in [0.1, 0.15) is 19.3 Å². The maximum absolute atomic E-state index is 6.00. The summed E-state index contributed by atoms with van der Waals surface area (Å²) in [6, 6.07) is 0.551. The smallest absolute Gasteiger partial charge is 0.0510 e. The van der Waals surface area contributed by atoms with Gasteiger partial charge >= 0.3 is 0 Å². The maximum Gasteiger partial charge on any atom is 0.0510 e. The predicted octanol–water partition coefficient (Wildman–Crippen LogP) is 0.378. The molecule has 4 heteroatoms. The molecule has 0 radical (unpaired) electrons. The van der Waals surface area contributed by atoms with Gasteiger partial charge in [-0.05, 0) is 25.2 Å². The molecule has 2 unspecified atom stereocenters. The van der Waals surface area contributed by atoms with E-state index >= 15 is 0 Å². The monoisotopic (exact) mass is 253 g/mol. The minimum atomic E-state index is 0.551. The summed E-state index contributed by atoms with van der Waals surface area (Å²) < 4.78 is 5.52. The molecule has 2 saturated heterocycles. The Labute approximate surface area is 110 Å². The molecule has 2 atom stereocenters. The Morgan fingerprint density at radius 1 is 1.11 bits per heavy atom. The first-order valence-electron chi connectivity index (χ1n) is 7.61. The topological polar surface area (TPSA) is 41.7 Å². The van der Waals surface area contributed by atoms with Crippen molar-refractivity contribution in [1.82, 2.24) is 9.80 Å². The summed E-state index contributed by atoms with van der Waals surface area (Å²) in [5.41, 5.74) is 6.00. The molecule has 3 fully saturated rings. The number of nitrogens with two attached hydrogens (primary N) is 1. The second-order valence-electron chi connectivity index (χ2n) is 6.21. The highest BCUT2D eigenvalue weighted by molar-refractivity contribution is 4.87. The van der Waals surface area contributed by atoms with Crippen LogP contribution in [0.25, 0.3) is 0 Å². The fourth-order valence-corrected chi connectivity index (χ4v) is 3.44. The molecular formula is C14H27N3O. The molecule has 4 nitrogen and oxygen atoms in total. The van der Waals surface area contributed by atoms with Crippen LogP contribution in [-0.2, 0) is 4.74 Å². The number of ether oxygens (including phenoxy) is 1. The average molecular weight is 253 g/mol. The molecule has 1 aliphatic carbocycles. The zero-order valence-corrected chi connectivity index (χ0v) is 11.4. The van der Waals surface area contributed by atoms with Crippen molar-refractivity contribution in [2.75, 3.05) is 52.5 Å². The standard InChI is InChI=1S/C14H27N3O/c15-9-14(13-3-8-18-11-13)17-6-4-16(5-7-17)10-12-1-2-12/h12-14H,1-11,15H2. The van der Waals surface area contributed by atoms with E-state index in [1.807, 2.05) is 0 Å². The second kappa shape index (κ2) is 5.87. The normalized spacial score (nSPS) is 32.8. The van der Waals surface area contributed by atoms with Crippen LogP contribution >= 0.6 is 0 Å². The molecule has 0 bridgehead atoms. The van der Waals surface area contributed by atoms with E-state index in [0.717, 1.165) is 25.7 Å². The van der Waals surface area contributed by atoms with Gasteiger partial charge in [-0.15, -0.1) is 0 Å². The number of hydrogen-bond donors (Lipinski definition) is 1. The van der Waals surface area contributed by atoms with Gasteiger partial charge in [0.15, 0.2) is 0 Å². The van der Waals surface area contributed by atoms with Crippen molar-refractivity contribution >= 4 is 0 Å². The first kappa shape index (κ1) is 12.9. The predicted molar refractivity (Wildman–Crippen MR) is 72.5 cm³/mol. The Balaban J connectivity index is 1.47. The van der Waals surface area contributed by atoms with E-state index in [-0.39, 0.29) is 0 Å². The Morgan fingerprint density at radius 2 is 1.89 bits per heavy atom. The van der Waals surface area contributed by atoms with E-state index in [9.17, 15) is 0 Å². The van der Waals surface area contributed by atoms with Crippen LogP contribution in [0.5, 0.6) is 0 Å². The number of piperazine rings is 1. The maximum atomic E-state index is 6.00. The van der Waals surface area contributed by atoms with Gasteiger partial charge in [-0.1, -0.05) is 0 Å². The number of hydrogen-bond acceptors (Lipinski definition) is 4. The lowest BCUT2D eigenvalue weighted by molar-refractivity contribution is 0.0651. The molecule has 0 aromatic rings. The van der Waals surface area contributed by atoms with E-state index in [4.69, 9.17) is 10.5 Å². The summed E-state index contributed by atoms with van der Waals surface area (Å²) in [5.74, 6) is 1.69. The van der Waals surface area contributed by atoms with Gasteiger partial charge in [-0.2, -0.15) is 0 Å². The quantitative estimate of drug-likeness (QED) is 0.769. The van der Waals surface area contributed by atoms with E-state index < -0.39 is 0 Å². The molecule has 0 aromatic heterocycles. The molecule has 0 aromatic carbocycles. The molecule has 3 rings (SSSR count). The van der Waals surface area contributed by atoms with Crippen LogP contribution in [0.2, 0.25) is 0 Å². The second-order valence-corrected chi connectivity index (χ2v) is 6.21. The minimum Gasteiger partial charge on any atom is -0.381 e. The van der Waals surface area contributed by atoms with Crippen molar-refractivity contribution in [2.45, 2.75) is 25.3 Å². The van der Waals surface area contributed by atoms with E-state index in [2.05, 4.69) is 9.80 Å².